The van der Waals surface area contributed by atoms with Gasteiger partial charge >= 0.3 is 12.1 Å². The zero-order valence-electron chi connectivity index (χ0n) is 15.1. The molecule has 3 N–H and O–H groups in total. The summed E-state index contributed by atoms with van der Waals surface area (Å²) in [5.74, 6) is -2.07. The largest absolute Gasteiger partial charge is 0.492 e. The van der Waals surface area contributed by atoms with E-state index >= 15 is 0 Å². The van der Waals surface area contributed by atoms with E-state index in [-0.39, 0.29) is 12.4 Å². The molecular formula is C20H17N3O6. The Kier molecular flexibility index (Phi) is 5.88. The highest BCUT2D eigenvalue weighted by atomic mass is 16.5. The molecule has 0 aliphatic rings. The lowest BCUT2D eigenvalue weighted by Gasteiger charge is -2.14. The number of benzene rings is 2. The molecular weight excluding hydrogens is 378 g/mol. The van der Waals surface area contributed by atoms with Gasteiger partial charge in [0.2, 0.25) is 5.88 Å². The normalized spacial score (nSPS) is 10.3. The summed E-state index contributed by atoms with van der Waals surface area (Å²) in [4.78, 5) is 39.9. The molecule has 0 bridgehead atoms. The van der Waals surface area contributed by atoms with Crippen LogP contribution in [0.15, 0.2) is 65.5 Å². The second-order valence-corrected chi connectivity index (χ2v) is 5.97. The number of aromatic hydroxyl groups is 1. The number of ether oxygens (including phenoxy) is 1. The molecule has 0 unspecified atom stereocenters. The van der Waals surface area contributed by atoms with E-state index < -0.39 is 35.7 Å². The molecule has 3 aromatic rings. The molecule has 0 atom stereocenters. The zero-order valence-corrected chi connectivity index (χ0v) is 15.1. The highest BCUT2D eigenvalue weighted by Gasteiger charge is 2.21. The van der Waals surface area contributed by atoms with Crippen molar-refractivity contribution in [3.63, 3.8) is 0 Å². The summed E-state index contributed by atoms with van der Waals surface area (Å²) in [6.07, 6.45) is -0.989. The minimum absolute atomic E-state index is 0.0429. The fraction of sp³-hybridized carbons (Fsp3) is 0.100. The Bertz CT molecular complexity index is 1080. The number of carbonyl (C=O) groups is 2. The predicted octanol–water partition coefficient (Wildman–Crippen LogP) is 2.45. The molecule has 2 aromatic carbocycles. The molecule has 0 aliphatic heterocycles. The molecule has 3 rings (SSSR count). The van der Waals surface area contributed by atoms with E-state index in [0.29, 0.717) is 5.56 Å². The first-order valence-electron chi connectivity index (χ1n) is 8.54. The highest BCUT2D eigenvalue weighted by Crippen LogP contribution is 2.23. The van der Waals surface area contributed by atoms with Crippen molar-refractivity contribution in [1.82, 2.24) is 9.55 Å². The number of nitrogens with one attached hydrogen (secondary N) is 1. The number of rotatable bonds is 6. The van der Waals surface area contributed by atoms with Crippen LogP contribution < -0.4 is 10.9 Å². The van der Waals surface area contributed by atoms with Crippen LogP contribution in [0.4, 0.5) is 10.5 Å². The second kappa shape index (κ2) is 8.70. The predicted molar refractivity (Wildman–Crippen MR) is 103 cm³/mol. The van der Waals surface area contributed by atoms with Crippen LogP contribution in [-0.2, 0) is 22.7 Å². The fourth-order valence-electron chi connectivity index (χ4n) is 2.60. The van der Waals surface area contributed by atoms with Crippen molar-refractivity contribution in [3.8, 4) is 17.3 Å². The van der Waals surface area contributed by atoms with E-state index in [9.17, 15) is 19.5 Å². The Balaban J connectivity index is 1.90. The number of amides is 1. The van der Waals surface area contributed by atoms with E-state index in [1.54, 1.807) is 54.6 Å². The minimum Gasteiger partial charge on any atom is -0.492 e. The third-order valence-corrected chi connectivity index (χ3v) is 3.92. The average Bonchev–Trinajstić information content (AvgIpc) is 2.72. The van der Waals surface area contributed by atoms with Crippen LogP contribution in [-0.4, -0.2) is 31.8 Å². The maximum atomic E-state index is 12.8. The van der Waals surface area contributed by atoms with E-state index in [1.807, 2.05) is 6.07 Å². The molecule has 0 aliphatic carbocycles. The van der Waals surface area contributed by atoms with Gasteiger partial charge in [-0.05, 0) is 5.56 Å². The molecule has 0 saturated heterocycles. The molecule has 1 heterocycles. The second-order valence-electron chi connectivity index (χ2n) is 5.97. The first-order valence-corrected chi connectivity index (χ1v) is 8.54. The van der Waals surface area contributed by atoms with Crippen molar-refractivity contribution in [2.24, 2.45) is 0 Å². The molecule has 1 amide bonds. The van der Waals surface area contributed by atoms with Gasteiger partial charge in [0.15, 0.2) is 5.69 Å². The molecule has 0 saturated carbocycles. The third-order valence-electron chi connectivity index (χ3n) is 3.92. The van der Waals surface area contributed by atoms with Crippen molar-refractivity contribution in [1.29, 1.82) is 0 Å². The number of carboxylic acid groups (broad SMARTS) is 1. The Hall–Kier alpha value is -4.14. The first-order chi connectivity index (χ1) is 14.0. The smallest absolute Gasteiger partial charge is 0.412 e. The van der Waals surface area contributed by atoms with Crippen LogP contribution in [0, 0.1) is 0 Å². The fourth-order valence-corrected chi connectivity index (χ4v) is 2.60. The maximum Gasteiger partial charge on any atom is 0.412 e. The van der Waals surface area contributed by atoms with E-state index in [4.69, 9.17) is 9.84 Å². The third kappa shape index (κ3) is 4.78. The molecule has 0 spiro atoms. The van der Waals surface area contributed by atoms with Crippen LogP contribution in [0.2, 0.25) is 0 Å². The monoisotopic (exact) mass is 395 g/mol. The van der Waals surface area contributed by atoms with Crippen molar-refractivity contribution < 1.29 is 24.5 Å². The van der Waals surface area contributed by atoms with Gasteiger partial charge in [0.05, 0.1) is 0 Å². The van der Waals surface area contributed by atoms with Crippen molar-refractivity contribution >= 4 is 17.7 Å². The van der Waals surface area contributed by atoms with Crippen LogP contribution in [0.1, 0.15) is 5.56 Å². The summed E-state index contributed by atoms with van der Waals surface area (Å²) in [5.41, 5.74) is -0.327. The molecule has 29 heavy (non-hydrogen) atoms. The van der Waals surface area contributed by atoms with Crippen molar-refractivity contribution in [2.75, 3.05) is 5.32 Å². The summed E-state index contributed by atoms with van der Waals surface area (Å²) in [7, 11) is 0. The van der Waals surface area contributed by atoms with Gasteiger partial charge in [-0.25, -0.2) is 4.79 Å². The summed E-state index contributed by atoms with van der Waals surface area (Å²) in [5, 5.41) is 21.5. The number of aromatic nitrogens is 2. The topological polar surface area (TPSA) is 131 Å². The number of carboxylic acids is 1. The van der Waals surface area contributed by atoms with Gasteiger partial charge in [-0.1, -0.05) is 60.7 Å². The molecule has 0 radical (unpaired) electrons. The quantitative estimate of drug-likeness (QED) is 0.584. The number of aliphatic carboxylic acids is 1. The Morgan fingerprint density at radius 1 is 1.03 bits per heavy atom. The van der Waals surface area contributed by atoms with Gasteiger partial charge in [-0.3, -0.25) is 19.5 Å². The van der Waals surface area contributed by atoms with Crippen molar-refractivity contribution in [3.05, 3.63) is 76.6 Å². The molecule has 148 valence electrons. The van der Waals surface area contributed by atoms with E-state index in [0.717, 1.165) is 10.1 Å². The lowest BCUT2D eigenvalue weighted by atomic mass is 10.2. The number of nitrogens with zero attached hydrogens (tertiary/aromatic N) is 2. The Morgan fingerprint density at radius 2 is 1.66 bits per heavy atom. The SMILES string of the molecule is O=C(O)Cn1c(-c2ccccc2)nc(O)c(NC(=O)OCc2ccccc2)c1=O. The number of hydrogen-bond donors (Lipinski definition) is 3. The van der Waals surface area contributed by atoms with Gasteiger partial charge in [0, 0.05) is 5.56 Å². The molecule has 0 fully saturated rings. The lowest BCUT2D eigenvalue weighted by Crippen LogP contribution is -2.30. The standard InChI is InChI=1S/C20H17N3O6/c24-15(25)11-23-17(14-9-5-2-6-10-14)22-18(26)16(19(23)27)21-20(28)29-12-13-7-3-1-4-8-13/h1-10,26H,11-12H2,(H,21,28)(H,24,25). The summed E-state index contributed by atoms with van der Waals surface area (Å²) in [6, 6.07) is 17.2. The molecule has 9 nitrogen and oxygen atoms in total. The molecule has 1 aromatic heterocycles. The van der Waals surface area contributed by atoms with Gasteiger partial charge in [-0.2, -0.15) is 4.98 Å². The van der Waals surface area contributed by atoms with Crippen LogP contribution in [0.25, 0.3) is 11.4 Å². The minimum atomic E-state index is -1.28. The van der Waals surface area contributed by atoms with Gasteiger partial charge in [0.1, 0.15) is 19.0 Å². The van der Waals surface area contributed by atoms with Gasteiger partial charge in [0.25, 0.3) is 5.56 Å². The van der Waals surface area contributed by atoms with Crippen LogP contribution in [0.3, 0.4) is 0 Å². The summed E-state index contributed by atoms with van der Waals surface area (Å²) in [6.45, 7) is -0.754. The van der Waals surface area contributed by atoms with Gasteiger partial charge < -0.3 is 14.9 Å². The lowest BCUT2D eigenvalue weighted by molar-refractivity contribution is -0.137. The first kappa shape index (κ1) is 19.6. The molecule has 9 heteroatoms. The van der Waals surface area contributed by atoms with Gasteiger partial charge in [-0.15, -0.1) is 0 Å². The van der Waals surface area contributed by atoms with E-state index in [2.05, 4.69) is 10.3 Å². The highest BCUT2D eigenvalue weighted by molar-refractivity contribution is 5.86. The Labute approximate surface area is 164 Å². The van der Waals surface area contributed by atoms with Crippen LogP contribution >= 0.6 is 0 Å². The number of carbonyl (C=O) groups excluding carboxylic acids is 1. The average molecular weight is 395 g/mol. The van der Waals surface area contributed by atoms with Crippen LogP contribution in [0.5, 0.6) is 5.88 Å². The zero-order chi connectivity index (χ0) is 20.8. The number of hydrogen-bond acceptors (Lipinski definition) is 6. The summed E-state index contributed by atoms with van der Waals surface area (Å²) < 4.78 is 5.88. The van der Waals surface area contributed by atoms with E-state index in [1.165, 1.54) is 0 Å². The number of anilines is 1. The maximum absolute atomic E-state index is 12.8. The van der Waals surface area contributed by atoms with Crippen molar-refractivity contribution in [2.45, 2.75) is 13.2 Å². The summed E-state index contributed by atoms with van der Waals surface area (Å²) >= 11 is 0. The Morgan fingerprint density at radius 3 is 2.28 bits per heavy atom.